The summed E-state index contributed by atoms with van der Waals surface area (Å²) in [5, 5.41) is 2.71. The molecule has 0 aliphatic carbocycles. The first kappa shape index (κ1) is 22.6. The zero-order valence-corrected chi connectivity index (χ0v) is 18.3. The number of halogens is 1. The Bertz CT molecular complexity index is 954. The standard InChI is InChI=1S/C19H18BrNO7S/c1-4-27-18(24)15-10(2)16(19(25)26-3)29-17(15)21-14(23)9-28-13-6-5-12(20)7-11(13)8-22/h5-8H,4,9H2,1-3H3,(H,21,23). The van der Waals surface area contributed by atoms with Crippen LogP contribution in [-0.4, -0.2) is 44.5 Å². The lowest BCUT2D eigenvalue weighted by Gasteiger charge is -2.10. The Labute approximate surface area is 179 Å². The van der Waals surface area contributed by atoms with Gasteiger partial charge in [-0.1, -0.05) is 15.9 Å². The van der Waals surface area contributed by atoms with E-state index < -0.39 is 24.5 Å². The van der Waals surface area contributed by atoms with E-state index in [0.717, 1.165) is 11.3 Å². The molecule has 154 valence electrons. The Kier molecular flexibility index (Phi) is 7.91. The number of carbonyl (C=O) groups excluding carboxylic acids is 4. The summed E-state index contributed by atoms with van der Waals surface area (Å²) in [6.07, 6.45) is 0.613. The monoisotopic (exact) mass is 483 g/mol. The number of aldehydes is 1. The number of amides is 1. The van der Waals surface area contributed by atoms with E-state index in [1.54, 1.807) is 32.0 Å². The van der Waals surface area contributed by atoms with E-state index in [9.17, 15) is 19.2 Å². The fourth-order valence-corrected chi connectivity index (χ4v) is 3.89. The summed E-state index contributed by atoms with van der Waals surface area (Å²) in [5.74, 6) is -1.63. The van der Waals surface area contributed by atoms with Crippen molar-refractivity contribution < 1.29 is 33.4 Å². The third-order valence-electron chi connectivity index (χ3n) is 3.71. The maximum absolute atomic E-state index is 12.3. The number of carbonyl (C=O) groups is 4. The summed E-state index contributed by atoms with van der Waals surface area (Å²) in [6, 6.07) is 4.78. The van der Waals surface area contributed by atoms with Crippen molar-refractivity contribution in [1.82, 2.24) is 0 Å². The predicted octanol–water partition coefficient (Wildman–Crippen LogP) is 3.61. The molecule has 0 atom stereocenters. The molecular weight excluding hydrogens is 466 g/mol. The van der Waals surface area contributed by atoms with Crippen molar-refractivity contribution >= 4 is 56.4 Å². The molecule has 1 aromatic heterocycles. The molecule has 0 unspecified atom stereocenters. The molecule has 0 saturated heterocycles. The molecule has 0 aliphatic heterocycles. The SMILES string of the molecule is CCOC(=O)c1c(NC(=O)COc2ccc(Br)cc2C=O)sc(C(=O)OC)c1C. The van der Waals surface area contributed by atoms with Crippen LogP contribution in [0.25, 0.3) is 0 Å². The molecule has 0 saturated carbocycles. The van der Waals surface area contributed by atoms with Gasteiger partial charge in [-0.15, -0.1) is 11.3 Å². The van der Waals surface area contributed by atoms with E-state index in [1.165, 1.54) is 7.11 Å². The Morgan fingerprint density at radius 1 is 1.24 bits per heavy atom. The van der Waals surface area contributed by atoms with Gasteiger partial charge in [-0.25, -0.2) is 9.59 Å². The van der Waals surface area contributed by atoms with Gasteiger partial charge < -0.3 is 19.5 Å². The van der Waals surface area contributed by atoms with Gasteiger partial charge in [-0.2, -0.15) is 0 Å². The van der Waals surface area contributed by atoms with E-state index in [1.807, 2.05) is 0 Å². The fourth-order valence-electron chi connectivity index (χ4n) is 2.39. The molecule has 0 radical (unpaired) electrons. The van der Waals surface area contributed by atoms with Crippen LogP contribution in [0.4, 0.5) is 5.00 Å². The molecule has 1 aromatic carbocycles. The van der Waals surface area contributed by atoms with Crippen LogP contribution in [0.15, 0.2) is 22.7 Å². The molecule has 10 heteroatoms. The fraction of sp³-hybridized carbons (Fsp3) is 0.263. The molecule has 2 rings (SSSR count). The molecule has 8 nitrogen and oxygen atoms in total. The van der Waals surface area contributed by atoms with Crippen LogP contribution in [0.3, 0.4) is 0 Å². The van der Waals surface area contributed by atoms with Crippen molar-refractivity contribution in [2.75, 3.05) is 25.6 Å². The van der Waals surface area contributed by atoms with E-state index in [-0.39, 0.29) is 33.4 Å². The smallest absolute Gasteiger partial charge is 0.348 e. The molecule has 0 aliphatic rings. The Balaban J connectivity index is 2.21. The lowest BCUT2D eigenvalue weighted by molar-refractivity contribution is -0.118. The summed E-state index contributed by atoms with van der Waals surface area (Å²) >= 11 is 4.16. The zero-order chi connectivity index (χ0) is 21.6. The van der Waals surface area contributed by atoms with Gasteiger partial charge in [-0.05, 0) is 37.6 Å². The lowest BCUT2D eigenvalue weighted by atomic mass is 10.1. The number of thiophene rings is 1. The van der Waals surface area contributed by atoms with E-state index in [4.69, 9.17) is 14.2 Å². The quantitative estimate of drug-likeness (QED) is 0.451. The minimum Gasteiger partial charge on any atom is -0.483 e. The van der Waals surface area contributed by atoms with Crippen molar-refractivity contribution in [3.8, 4) is 5.75 Å². The molecule has 1 heterocycles. The maximum Gasteiger partial charge on any atom is 0.348 e. The Morgan fingerprint density at radius 2 is 1.97 bits per heavy atom. The number of hydrogen-bond acceptors (Lipinski definition) is 8. The molecule has 0 spiro atoms. The molecule has 0 bridgehead atoms. The van der Waals surface area contributed by atoms with Crippen LogP contribution in [0.2, 0.25) is 0 Å². The van der Waals surface area contributed by atoms with E-state index >= 15 is 0 Å². The number of hydrogen-bond donors (Lipinski definition) is 1. The lowest BCUT2D eigenvalue weighted by Crippen LogP contribution is -2.21. The third-order valence-corrected chi connectivity index (χ3v) is 5.39. The zero-order valence-electron chi connectivity index (χ0n) is 15.9. The van der Waals surface area contributed by atoms with Crippen LogP contribution < -0.4 is 10.1 Å². The van der Waals surface area contributed by atoms with Gasteiger partial charge in [0, 0.05) is 4.47 Å². The minimum absolute atomic E-state index is 0.0859. The molecular formula is C19H18BrNO7S. The van der Waals surface area contributed by atoms with Gasteiger partial charge in [0.25, 0.3) is 5.91 Å². The highest BCUT2D eigenvalue weighted by molar-refractivity contribution is 9.10. The van der Waals surface area contributed by atoms with E-state index in [0.29, 0.717) is 16.3 Å². The van der Waals surface area contributed by atoms with Crippen molar-refractivity contribution in [2.45, 2.75) is 13.8 Å². The second kappa shape index (κ2) is 10.2. The van der Waals surface area contributed by atoms with Crippen LogP contribution in [-0.2, 0) is 14.3 Å². The topological polar surface area (TPSA) is 108 Å². The summed E-state index contributed by atoms with van der Waals surface area (Å²) in [5.41, 5.74) is 0.717. The van der Waals surface area contributed by atoms with Gasteiger partial charge in [0.2, 0.25) is 0 Å². The van der Waals surface area contributed by atoms with Crippen molar-refractivity contribution in [2.24, 2.45) is 0 Å². The number of esters is 2. The number of methoxy groups -OCH3 is 1. The number of benzene rings is 1. The molecule has 1 amide bonds. The molecule has 2 aromatic rings. The Morgan fingerprint density at radius 3 is 2.59 bits per heavy atom. The first-order chi connectivity index (χ1) is 13.8. The molecule has 1 N–H and O–H groups in total. The summed E-state index contributed by atoms with van der Waals surface area (Å²) in [6.45, 7) is 2.94. The average molecular weight is 484 g/mol. The largest absolute Gasteiger partial charge is 0.483 e. The molecule has 29 heavy (non-hydrogen) atoms. The third kappa shape index (κ3) is 5.42. The Hall–Kier alpha value is -2.72. The number of nitrogens with one attached hydrogen (secondary N) is 1. The highest BCUT2D eigenvalue weighted by atomic mass is 79.9. The van der Waals surface area contributed by atoms with Crippen LogP contribution in [0.5, 0.6) is 5.75 Å². The highest BCUT2D eigenvalue weighted by Gasteiger charge is 2.27. The second-order valence-electron chi connectivity index (χ2n) is 5.61. The molecule has 0 fully saturated rings. The van der Waals surface area contributed by atoms with Crippen LogP contribution in [0.1, 0.15) is 42.9 Å². The number of ether oxygens (including phenoxy) is 3. The van der Waals surface area contributed by atoms with E-state index in [2.05, 4.69) is 21.2 Å². The van der Waals surface area contributed by atoms with Crippen molar-refractivity contribution in [3.63, 3.8) is 0 Å². The number of rotatable bonds is 8. The minimum atomic E-state index is -0.663. The van der Waals surface area contributed by atoms with Crippen LogP contribution in [0, 0.1) is 6.92 Å². The average Bonchev–Trinajstić information content (AvgIpc) is 3.02. The summed E-state index contributed by atoms with van der Waals surface area (Å²) < 4.78 is 15.8. The highest BCUT2D eigenvalue weighted by Crippen LogP contribution is 2.34. The summed E-state index contributed by atoms with van der Waals surface area (Å²) in [7, 11) is 1.22. The van der Waals surface area contributed by atoms with Crippen molar-refractivity contribution in [3.05, 3.63) is 44.2 Å². The second-order valence-corrected chi connectivity index (χ2v) is 7.55. The van der Waals surface area contributed by atoms with Crippen LogP contribution >= 0.6 is 27.3 Å². The van der Waals surface area contributed by atoms with Gasteiger partial charge in [0.15, 0.2) is 12.9 Å². The first-order valence-corrected chi connectivity index (χ1v) is 9.99. The van der Waals surface area contributed by atoms with Gasteiger partial charge in [0.1, 0.15) is 15.6 Å². The summed E-state index contributed by atoms with van der Waals surface area (Å²) in [4.78, 5) is 47.9. The van der Waals surface area contributed by atoms with Gasteiger partial charge >= 0.3 is 11.9 Å². The maximum atomic E-state index is 12.3. The predicted molar refractivity (Wildman–Crippen MR) is 110 cm³/mol. The van der Waals surface area contributed by atoms with Gasteiger partial charge in [-0.3, -0.25) is 9.59 Å². The van der Waals surface area contributed by atoms with Gasteiger partial charge in [0.05, 0.1) is 24.8 Å². The number of anilines is 1. The first-order valence-electron chi connectivity index (χ1n) is 8.38. The van der Waals surface area contributed by atoms with Crippen molar-refractivity contribution in [1.29, 1.82) is 0 Å². The normalized spacial score (nSPS) is 10.2.